The number of para-hydroxylation sites is 2. The highest BCUT2D eigenvalue weighted by atomic mass is 16.3. The molecule has 14 aromatic rings. The molecule has 0 N–H and O–H groups in total. The third-order valence-electron chi connectivity index (χ3n) is 15.3. The van der Waals surface area contributed by atoms with Gasteiger partial charge in [-0.1, -0.05) is 200 Å². The normalized spacial score (nSPS) is 12.8. The van der Waals surface area contributed by atoms with Crippen LogP contribution in [-0.4, -0.2) is 0 Å². The summed E-state index contributed by atoms with van der Waals surface area (Å²) in [5.74, 6) is 0. The minimum atomic E-state index is -0.539. The van der Waals surface area contributed by atoms with Crippen LogP contribution in [0.15, 0.2) is 270 Å². The number of hydrogen-bond acceptors (Lipinski definition) is 3. The summed E-state index contributed by atoms with van der Waals surface area (Å²) in [5.41, 5.74) is 18.2. The van der Waals surface area contributed by atoms with Crippen LogP contribution in [0, 0.1) is 0 Å². The number of rotatable bonds is 7. The van der Waals surface area contributed by atoms with Crippen molar-refractivity contribution in [3.05, 3.63) is 283 Å². The molecule has 72 heavy (non-hydrogen) atoms. The number of anilines is 3. The van der Waals surface area contributed by atoms with E-state index < -0.39 is 5.41 Å². The maximum absolute atomic E-state index is 7.01. The van der Waals surface area contributed by atoms with Crippen molar-refractivity contribution in [2.75, 3.05) is 4.90 Å². The Bertz CT molecular complexity index is 4390. The molecule has 3 nitrogen and oxygen atoms in total. The second-order valence-corrected chi connectivity index (χ2v) is 19.1. The second-order valence-electron chi connectivity index (χ2n) is 19.1. The first-order valence-corrected chi connectivity index (χ1v) is 24.7. The fourth-order valence-corrected chi connectivity index (χ4v) is 12.1. The first-order valence-electron chi connectivity index (χ1n) is 24.7. The number of hydrogen-bond donors (Lipinski definition) is 0. The zero-order valence-electron chi connectivity index (χ0n) is 39.1. The third kappa shape index (κ3) is 5.98. The molecule has 0 atom stereocenters. The minimum absolute atomic E-state index is 0.539. The van der Waals surface area contributed by atoms with E-state index in [1.165, 1.54) is 49.5 Å². The molecule has 0 saturated carbocycles. The first-order chi connectivity index (χ1) is 35.7. The van der Waals surface area contributed by atoms with E-state index >= 15 is 0 Å². The summed E-state index contributed by atoms with van der Waals surface area (Å²) in [7, 11) is 0. The van der Waals surface area contributed by atoms with E-state index in [1.54, 1.807) is 0 Å². The SMILES string of the molecule is c1ccc(C2(c3ccccc3)c3ccccc3-c3ccc(N(c4ccc(-c5ccc6oc7ccccc7c6c5)cc4)c4ccc(-c5cccc6c5oc5c6ccc6ccc7ccccc7c65)cc4)cc32)cc1. The van der Waals surface area contributed by atoms with Crippen molar-refractivity contribution in [2.24, 2.45) is 0 Å². The Balaban J connectivity index is 0.899. The largest absolute Gasteiger partial charge is 0.456 e. The van der Waals surface area contributed by atoms with Crippen LogP contribution < -0.4 is 4.90 Å². The molecule has 0 spiro atoms. The van der Waals surface area contributed by atoms with Gasteiger partial charge in [0.25, 0.3) is 0 Å². The third-order valence-corrected chi connectivity index (χ3v) is 15.3. The van der Waals surface area contributed by atoms with E-state index in [1.807, 2.05) is 12.1 Å². The average Bonchev–Trinajstić information content (AvgIpc) is 4.12. The van der Waals surface area contributed by atoms with Gasteiger partial charge in [-0.25, -0.2) is 0 Å². The van der Waals surface area contributed by atoms with Gasteiger partial charge in [0.1, 0.15) is 22.3 Å². The van der Waals surface area contributed by atoms with Gasteiger partial charge in [-0.3, -0.25) is 0 Å². The number of furan rings is 2. The van der Waals surface area contributed by atoms with Gasteiger partial charge in [-0.2, -0.15) is 0 Å². The summed E-state index contributed by atoms with van der Waals surface area (Å²) in [6.07, 6.45) is 0. The van der Waals surface area contributed by atoms with Crippen molar-refractivity contribution in [3.8, 4) is 33.4 Å². The Labute approximate surface area is 416 Å². The Morgan fingerprint density at radius 1 is 0.292 bits per heavy atom. The molecule has 0 radical (unpaired) electrons. The van der Waals surface area contributed by atoms with E-state index in [-0.39, 0.29) is 0 Å². The molecule has 0 unspecified atom stereocenters. The van der Waals surface area contributed by atoms with E-state index in [2.05, 4.69) is 254 Å². The zero-order chi connectivity index (χ0) is 47.3. The summed E-state index contributed by atoms with van der Waals surface area (Å²) in [6.45, 7) is 0. The number of benzene rings is 12. The molecule has 15 rings (SSSR count). The Morgan fingerprint density at radius 3 is 1.65 bits per heavy atom. The predicted molar refractivity (Wildman–Crippen MR) is 299 cm³/mol. The Kier molecular flexibility index (Phi) is 8.87. The van der Waals surface area contributed by atoms with E-state index in [0.29, 0.717) is 0 Å². The summed E-state index contributed by atoms with van der Waals surface area (Å²) in [5, 5.41) is 9.22. The molecular formula is C69H43NO2. The summed E-state index contributed by atoms with van der Waals surface area (Å²) in [4.78, 5) is 2.41. The summed E-state index contributed by atoms with van der Waals surface area (Å²) < 4.78 is 13.2. The van der Waals surface area contributed by atoms with E-state index in [9.17, 15) is 0 Å². The number of nitrogens with zero attached hydrogens (tertiary/aromatic N) is 1. The molecule has 12 aromatic carbocycles. The van der Waals surface area contributed by atoms with Gasteiger partial charge < -0.3 is 13.7 Å². The van der Waals surface area contributed by atoms with Crippen molar-refractivity contribution in [1.82, 2.24) is 0 Å². The van der Waals surface area contributed by atoms with Crippen LogP contribution in [-0.2, 0) is 5.41 Å². The lowest BCUT2D eigenvalue weighted by Gasteiger charge is -2.35. The molecule has 0 saturated heterocycles. The molecule has 0 bridgehead atoms. The van der Waals surface area contributed by atoms with Crippen molar-refractivity contribution >= 4 is 82.5 Å². The quantitative estimate of drug-likeness (QED) is 0.149. The van der Waals surface area contributed by atoms with Crippen LogP contribution in [0.3, 0.4) is 0 Å². The van der Waals surface area contributed by atoms with Crippen molar-refractivity contribution < 1.29 is 8.83 Å². The topological polar surface area (TPSA) is 29.5 Å². The molecule has 0 aliphatic heterocycles. The van der Waals surface area contributed by atoms with Gasteiger partial charge in [0.2, 0.25) is 0 Å². The molecular weight excluding hydrogens is 875 g/mol. The lowest BCUT2D eigenvalue weighted by molar-refractivity contribution is 0.669. The smallest absolute Gasteiger partial charge is 0.143 e. The highest BCUT2D eigenvalue weighted by molar-refractivity contribution is 6.24. The van der Waals surface area contributed by atoms with Crippen molar-refractivity contribution in [2.45, 2.75) is 5.41 Å². The van der Waals surface area contributed by atoms with Crippen LogP contribution >= 0.6 is 0 Å². The minimum Gasteiger partial charge on any atom is -0.456 e. The van der Waals surface area contributed by atoms with Gasteiger partial charge in [-0.15, -0.1) is 0 Å². The monoisotopic (exact) mass is 917 g/mol. The van der Waals surface area contributed by atoms with Crippen molar-refractivity contribution in [3.63, 3.8) is 0 Å². The molecule has 2 heterocycles. The Morgan fingerprint density at radius 2 is 0.861 bits per heavy atom. The van der Waals surface area contributed by atoms with Crippen LogP contribution in [0.1, 0.15) is 22.3 Å². The molecule has 1 aliphatic rings. The van der Waals surface area contributed by atoms with Crippen molar-refractivity contribution in [1.29, 1.82) is 0 Å². The number of fused-ring (bicyclic) bond motifs is 13. The van der Waals surface area contributed by atoms with Crippen LogP contribution in [0.4, 0.5) is 17.1 Å². The molecule has 336 valence electrons. The molecule has 0 fully saturated rings. The maximum atomic E-state index is 7.01. The van der Waals surface area contributed by atoms with Gasteiger partial charge >= 0.3 is 0 Å². The summed E-state index contributed by atoms with van der Waals surface area (Å²) in [6, 6.07) is 94.9. The maximum Gasteiger partial charge on any atom is 0.143 e. The van der Waals surface area contributed by atoms with Gasteiger partial charge in [-0.05, 0) is 127 Å². The fraction of sp³-hybridized carbons (Fsp3) is 0.0145. The molecule has 0 amide bonds. The average molecular weight is 918 g/mol. The standard InChI is InChI=1S/C69H43NO2/c1-3-15-49(16-4-1)69(50-17-5-2-6-18-50)62-24-11-9-20-56(62)57-40-38-53(43-63(57)69)70(51-34-28-44(29-35-51)48-33-41-65-61(42-48)58-21-10-12-25-64(58)71-65)52-36-30-46(31-37-52)55-22-13-23-59-60-39-32-47-27-26-45-14-7-8-19-54(45)66(47)68(60)72-67(55)59/h1-43H. The highest BCUT2D eigenvalue weighted by Gasteiger charge is 2.46. The van der Waals surface area contributed by atoms with Crippen LogP contribution in [0.5, 0.6) is 0 Å². The van der Waals surface area contributed by atoms with Gasteiger partial charge in [0.15, 0.2) is 0 Å². The van der Waals surface area contributed by atoms with E-state index in [0.717, 1.165) is 88.6 Å². The molecule has 1 aliphatic carbocycles. The molecule has 2 aromatic heterocycles. The van der Waals surface area contributed by atoms with Crippen LogP contribution in [0.2, 0.25) is 0 Å². The lowest BCUT2D eigenvalue weighted by atomic mass is 9.67. The van der Waals surface area contributed by atoms with Crippen LogP contribution in [0.25, 0.3) is 98.8 Å². The summed E-state index contributed by atoms with van der Waals surface area (Å²) >= 11 is 0. The Hall–Kier alpha value is -9.44. The molecule has 3 heteroatoms. The van der Waals surface area contributed by atoms with Gasteiger partial charge in [0, 0.05) is 49.6 Å². The predicted octanol–water partition coefficient (Wildman–Crippen LogP) is 19.0. The van der Waals surface area contributed by atoms with Gasteiger partial charge in [0.05, 0.1) is 5.41 Å². The lowest BCUT2D eigenvalue weighted by Crippen LogP contribution is -2.28. The highest BCUT2D eigenvalue weighted by Crippen LogP contribution is 2.57. The second kappa shape index (κ2) is 15.8. The van der Waals surface area contributed by atoms with E-state index in [4.69, 9.17) is 8.83 Å². The zero-order valence-corrected chi connectivity index (χ0v) is 39.1. The first kappa shape index (κ1) is 40.4. The fourth-order valence-electron chi connectivity index (χ4n) is 12.1.